The molecule has 5 nitrogen and oxygen atoms in total. The maximum Gasteiger partial charge on any atom is 0.223 e. The minimum atomic E-state index is -3.13. The first-order valence-corrected chi connectivity index (χ1v) is 9.12. The van der Waals surface area contributed by atoms with E-state index in [-0.39, 0.29) is 24.0 Å². The van der Waals surface area contributed by atoms with Gasteiger partial charge in [0.05, 0.1) is 12.3 Å². The lowest BCUT2D eigenvalue weighted by Gasteiger charge is -2.21. The zero-order valence-electron chi connectivity index (χ0n) is 11.9. The van der Waals surface area contributed by atoms with Crippen molar-refractivity contribution in [3.05, 3.63) is 40.3 Å². The van der Waals surface area contributed by atoms with E-state index < -0.39 is 9.84 Å². The molecule has 7 heteroatoms. The Morgan fingerprint density at radius 3 is 2.95 bits per heavy atom. The molecule has 0 saturated heterocycles. The molecule has 2 heterocycles. The summed E-state index contributed by atoms with van der Waals surface area (Å²) in [6.45, 7) is 1.32. The van der Waals surface area contributed by atoms with Crippen LogP contribution in [0.4, 0.5) is 0 Å². The second-order valence-electron chi connectivity index (χ2n) is 5.54. The van der Waals surface area contributed by atoms with E-state index in [9.17, 15) is 13.2 Å². The van der Waals surface area contributed by atoms with Crippen LogP contribution in [0.25, 0.3) is 0 Å². The highest BCUT2D eigenvalue weighted by atomic mass is 35.5. The first-order valence-electron chi connectivity index (χ1n) is 7.03. The molecule has 0 radical (unpaired) electrons. The number of halogens is 1. The van der Waals surface area contributed by atoms with Crippen LogP contribution in [0.1, 0.15) is 12.0 Å². The molecule has 0 spiro atoms. The Morgan fingerprint density at radius 1 is 1.41 bits per heavy atom. The summed E-state index contributed by atoms with van der Waals surface area (Å²) >= 11 is 5.99. The Morgan fingerprint density at radius 2 is 2.23 bits per heavy atom. The van der Waals surface area contributed by atoms with Crippen LogP contribution < -0.4 is 4.74 Å². The average Bonchev–Trinajstić information content (AvgIpc) is 2.68. The summed E-state index contributed by atoms with van der Waals surface area (Å²) in [5.41, 5.74) is 0.868. The highest BCUT2D eigenvalue weighted by molar-refractivity contribution is 7.94. The second-order valence-corrected chi connectivity index (χ2v) is 7.91. The molecular weight excluding hydrogens is 326 g/mol. The van der Waals surface area contributed by atoms with Crippen LogP contribution in [0.2, 0.25) is 5.02 Å². The van der Waals surface area contributed by atoms with Crippen molar-refractivity contribution in [1.82, 2.24) is 4.90 Å². The van der Waals surface area contributed by atoms with E-state index in [0.717, 1.165) is 11.3 Å². The Kier molecular flexibility index (Phi) is 4.14. The van der Waals surface area contributed by atoms with E-state index in [4.69, 9.17) is 16.3 Å². The average molecular weight is 342 g/mol. The number of hydrogen-bond acceptors (Lipinski definition) is 4. The summed E-state index contributed by atoms with van der Waals surface area (Å²) in [5, 5.41) is 1.80. The molecule has 118 valence electrons. The van der Waals surface area contributed by atoms with Crippen molar-refractivity contribution in [2.24, 2.45) is 5.92 Å². The first-order chi connectivity index (χ1) is 10.4. The molecule has 1 atom stereocenters. The third-order valence-corrected chi connectivity index (χ3v) is 5.50. The normalized spacial score (nSPS) is 22.8. The second kappa shape index (κ2) is 5.93. The van der Waals surface area contributed by atoms with Gasteiger partial charge in [-0.05, 0) is 18.2 Å². The number of ether oxygens (including phenoxy) is 1. The number of hydrogen-bond donors (Lipinski definition) is 0. The minimum Gasteiger partial charge on any atom is -0.491 e. The van der Waals surface area contributed by atoms with Crippen molar-refractivity contribution in [2.45, 2.75) is 13.0 Å². The van der Waals surface area contributed by atoms with E-state index >= 15 is 0 Å². The molecule has 0 fully saturated rings. The lowest BCUT2D eigenvalue weighted by molar-refractivity contribution is -0.132. The number of fused-ring (bicyclic) bond motifs is 1. The minimum absolute atomic E-state index is 0.0193. The number of rotatable bonds is 2. The van der Waals surface area contributed by atoms with Crippen molar-refractivity contribution in [3.63, 3.8) is 0 Å². The Bertz CT molecular complexity index is 729. The number of amides is 1. The SMILES string of the molecule is O=C(CC1C=CS(=O)(=O)C1)N1CCOc2ccc(Cl)cc2C1. The van der Waals surface area contributed by atoms with Gasteiger partial charge in [0.1, 0.15) is 12.4 Å². The molecule has 0 bridgehead atoms. The molecular formula is C15H16ClNO4S. The predicted octanol–water partition coefficient (Wildman–Crippen LogP) is 2.01. The quantitative estimate of drug-likeness (QED) is 0.825. The number of carbonyl (C=O) groups is 1. The van der Waals surface area contributed by atoms with Gasteiger partial charge in [0, 0.05) is 34.9 Å². The molecule has 2 aliphatic heterocycles. The maximum absolute atomic E-state index is 12.4. The van der Waals surface area contributed by atoms with Gasteiger partial charge in [0.25, 0.3) is 0 Å². The highest BCUT2D eigenvalue weighted by Crippen LogP contribution is 2.27. The van der Waals surface area contributed by atoms with E-state index in [1.807, 2.05) is 0 Å². The molecule has 2 aliphatic rings. The van der Waals surface area contributed by atoms with Crippen molar-refractivity contribution in [2.75, 3.05) is 18.9 Å². The van der Waals surface area contributed by atoms with Gasteiger partial charge in [-0.25, -0.2) is 8.42 Å². The monoisotopic (exact) mass is 341 g/mol. The van der Waals surface area contributed by atoms with Crippen LogP contribution in [0.5, 0.6) is 5.75 Å². The number of nitrogens with zero attached hydrogens (tertiary/aromatic N) is 1. The van der Waals surface area contributed by atoms with Crippen molar-refractivity contribution < 1.29 is 17.9 Å². The standard InChI is InChI=1S/C15H16ClNO4S/c16-13-1-2-14-12(8-13)9-17(4-5-21-14)15(18)7-11-3-6-22(19,20)10-11/h1-3,6,8,11H,4-5,7,9-10H2. The summed E-state index contributed by atoms with van der Waals surface area (Å²) in [4.78, 5) is 14.1. The van der Waals surface area contributed by atoms with Gasteiger partial charge < -0.3 is 9.64 Å². The Hall–Kier alpha value is -1.53. The largest absolute Gasteiger partial charge is 0.491 e. The molecule has 1 unspecified atom stereocenters. The highest BCUT2D eigenvalue weighted by Gasteiger charge is 2.27. The Balaban J connectivity index is 1.70. The smallest absolute Gasteiger partial charge is 0.223 e. The van der Waals surface area contributed by atoms with Crippen LogP contribution in [0.3, 0.4) is 0 Å². The van der Waals surface area contributed by atoms with Gasteiger partial charge in [-0.1, -0.05) is 17.7 Å². The van der Waals surface area contributed by atoms with Crippen molar-refractivity contribution >= 4 is 27.3 Å². The Labute approximate surface area is 134 Å². The predicted molar refractivity (Wildman–Crippen MR) is 83.4 cm³/mol. The molecule has 0 aromatic heterocycles. The van der Waals surface area contributed by atoms with E-state index in [2.05, 4.69) is 0 Å². The first kappa shape index (κ1) is 15.4. The van der Waals surface area contributed by atoms with Gasteiger partial charge >= 0.3 is 0 Å². The van der Waals surface area contributed by atoms with Gasteiger partial charge in [0.15, 0.2) is 9.84 Å². The summed E-state index contributed by atoms with van der Waals surface area (Å²) in [6, 6.07) is 5.35. The van der Waals surface area contributed by atoms with Crippen LogP contribution in [0.15, 0.2) is 29.7 Å². The topological polar surface area (TPSA) is 63.7 Å². The van der Waals surface area contributed by atoms with Gasteiger partial charge in [-0.3, -0.25) is 4.79 Å². The fourth-order valence-electron chi connectivity index (χ4n) is 2.70. The molecule has 0 aliphatic carbocycles. The molecule has 1 aromatic rings. The number of carbonyl (C=O) groups excluding carboxylic acids is 1. The zero-order chi connectivity index (χ0) is 15.7. The van der Waals surface area contributed by atoms with Crippen molar-refractivity contribution in [1.29, 1.82) is 0 Å². The number of sulfone groups is 1. The lowest BCUT2D eigenvalue weighted by atomic mass is 10.1. The molecule has 0 N–H and O–H groups in total. The zero-order valence-corrected chi connectivity index (χ0v) is 13.4. The fraction of sp³-hybridized carbons (Fsp3) is 0.400. The summed E-state index contributed by atoms with van der Waals surface area (Å²) < 4.78 is 28.4. The third-order valence-electron chi connectivity index (χ3n) is 3.80. The van der Waals surface area contributed by atoms with E-state index in [0.29, 0.717) is 24.7 Å². The summed E-state index contributed by atoms with van der Waals surface area (Å²) in [5.74, 6) is 0.456. The van der Waals surface area contributed by atoms with Crippen LogP contribution in [-0.4, -0.2) is 38.1 Å². The lowest BCUT2D eigenvalue weighted by Crippen LogP contribution is -2.33. The maximum atomic E-state index is 12.4. The fourth-order valence-corrected chi connectivity index (χ4v) is 4.29. The van der Waals surface area contributed by atoms with Gasteiger partial charge in [-0.15, -0.1) is 0 Å². The van der Waals surface area contributed by atoms with Gasteiger partial charge in [0.2, 0.25) is 5.91 Å². The molecule has 1 amide bonds. The third kappa shape index (κ3) is 3.44. The summed E-state index contributed by atoms with van der Waals surface area (Å²) in [7, 11) is -3.13. The van der Waals surface area contributed by atoms with E-state index in [1.54, 1.807) is 29.2 Å². The van der Waals surface area contributed by atoms with Gasteiger partial charge in [-0.2, -0.15) is 0 Å². The number of allylic oxidation sites excluding steroid dienone is 1. The van der Waals surface area contributed by atoms with Crippen molar-refractivity contribution in [3.8, 4) is 5.75 Å². The van der Waals surface area contributed by atoms with Crippen LogP contribution in [0, 0.1) is 5.92 Å². The number of benzene rings is 1. The molecule has 1 aromatic carbocycles. The molecule has 3 rings (SSSR count). The molecule has 22 heavy (non-hydrogen) atoms. The molecule has 0 saturated carbocycles. The van der Waals surface area contributed by atoms with E-state index in [1.165, 1.54) is 5.41 Å². The van der Waals surface area contributed by atoms with Crippen LogP contribution >= 0.6 is 11.6 Å². The summed E-state index contributed by atoms with van der Waals surface area (Å²) in [6.07, 6.45) is 1.80. The van der Waals surface area contributed by atoms with Crippen LogP contribution in [-0.2, 0) is 21.2 Å².